The number of carbonyl (C=O) groups excluding carboxylic acids is 2. The predicted octanol–water partition coefficient (Wildman–Crippen LogP) is 4.05. The van der Waals surface area contributed by atoms with Gasteiger partial charge in [0.05, 0.1) is 25.9 Å². The van der Waals surface area contributed by atoms with Gasteiger partial charge in [0.2, 0.25) is 0 Å². The van der Waals surface area contributed by atoms with Crippen LogP contribution in [0.2, 0.25) is 0 Å². The Labute approximate surface area is 179 Å². The molecule has 0 bridgehead atoms. The standard InChI is InChI=1S/C24H33N3O3/c1-7-27(8-2,15-22(28)25-20-11-9-10-12-21(20)30-6)16-23(29)26-24-18(4)13-17(3)14-19(24)5/h9-14H,7-8,15-16H2,1-6H3,(H-,25,26,28,29)/p+1. The van der Waals surface area contributed by atoms with Gasteiger partial charge in [-0.3, -0.25) is 9.59 Å². The smallest absolute Gasteiger partial charge is 0.279 e. The molecule has 0 saturated heterocycles. The summed E-state index contributed by atoms with van der Waals surface area (Å²) in [6.07, 6.45) is 0. The molecule has 0 radical (unpaired) electrons. The van der Waals surface area contributed by atoms with Crippen molar-refractivity contribution in [2.45, 2.75) is 34.6 Å². The maximum atomic E-state index is 12.9. The normalized spacial score (nSPS) is 11.1. The molecule has 0 spiro atoms. The van der Waals surface area contributed by atoms with Gasteiger partial charge in [0.1, 0.15) is 5.75 Å². The van der Waals surface area contributed by atoms with Crippen LogP contribution in [0, 0.1) is 20.8 Å². The lowest BCUT2D eigenvalue weighted by molar-refractivity contribution is -0.909. The van der Waals surface area contributed by atoms with E-state index in [9.17, 15) is 9.59 Å². The molecule has 0 heterocycles. The predicted molar refractivity (Wildman–Crippen MR) is 122 cm³/mol. The molecule has 0 aliphatic carbocycles. The van der Waals surface area contributed by atoms with Gasteiger partial charge in [-0.15, -0.1) is 0 Å². The van der Waals surface area contributed by atoms with E-state index in [-0.39, 0.29) is 24.9 Å². The lowest BCUT2D eigenvalue weighted by Crippen LogP contribution is -2.55. The molecule has 2 aromatic carbocycles. The Morgan fingerprint density at radius 3 is 1.97 bits per heavy atom. The fourth-order valence-electron chi connectivity index (χ4n) is 3.83. The second kappa shape index (κ2) is 10.3. The van der Waals surface area contributed by atoms with Crippen LogP contribution < -0.4 is 15.4 Å². The number of nitrogens with zero attached hydrogens (tertiary/aromatic N) is 1. The highest BCUT2D eigenvalue weighted by Gasteiger charge is 2.30. The molecular formula is C24H34N3O3+. The molecule has 0 fully saturated rings. The van der Waals surface area contributed by atoms with Gasteiger partial charge >= 0.3 is 0 Å². The molecule has 2 amide bonds. The molecule has 0 saturated carbocycles. The topological polar surface area (TPSA) is 67.4 Å². The Morgan fingerprint density at radius 1 is 0.900 bits per heavy atom. The van der Waals surface area contributed by atoms with Crippen LogP contribution in [0.5, 0.6) is 5.75 Å². The Kier molecular flexibility index (Phi) is 8.00. The number of quaternary nitrogens is 1. The van der Waals surface area contributed by atoms with Crippen molar-refractivity contribution in [1.82, 2.24) is 0 Å². The minimum atomic E-state index is -0.140. The van der Waals surface area contributed by atoms with E-state index < -0.39 is 0 Å². The van der Waals surface area contributed by atoms with E-state index >= 15 is 0 Å². The number of methoxy groups -OCH3 is 1. The lowest BCUT2D eigenvalue weighted by Gasteiger charge is -2.35. The molecule has 0 unspecified atom stereocenters. The third-order valence-corrected chi connectivity index (χ3v) is 5.62. The van der Waals surface area contributed by atoms with Gasteiger partial charge in [0.15, 0.2) is 13.1 Å². The number of aryl methyl sites for hydroxylation is 3. The number of hydrogen-bond donors (Lipinski definition) is 2. The molecule has 30 heavy (non-hydrogen) atoms. The number of benzene rings is 2. The highest BCUT2D eigenvalue weighted by atomic mass is 16.5. The van der Waals surface area contributed by atoms with Gasteiger partial charge in [0, 0.05) is 5.69 Å². The highest BCUT2D eigenvalue weighted by molar-refractivity contribution is 5.95. The summed E-state index contributed by atoms with van der Waals surface area (Å²) in [5.74, 6) is 0.387. The van der Waals surface area contributed by atoms with Crippen LogP contribution >= 0.6 is 0 Å². The van der Waals surface area contributed by atoms with Crippen LogP contribution in [0.3, 0.4) is 0 Å². The van der Waals surface area contributed by atoms with E-state index in [1.165, 1.54) is 5.56 Å². The van der Waals surface area contributed by atoms with Crippen molar-refractivity contribution in [3.63, 3.8) is 0 Å². The molecule has 0 aromatic heterocycles. The summed E-state index contributed by atoms with van der Waals surface area (Å²) in [5.41, 5.74) is 4.74. The zero-order valence-corrected chi connectivity index (χ0v) is 19.0. The third-order valence-electron chi connectivity index (χ3n) is 5.62. The molecule has 2 aromatic rings. The average Bonchev–Trinajstić information content (AvgIpc) is 2.70. The van der Waals surface area contributed by atoms with Crippen molar-refractivity contribution in [2.75, 3.05) is 43.9 Å². The highest BCUT2D eigenvalue weighted by Crippen LogP contribution is 2.24. The van der Waals surface area contributed by atoms with Crippen LogP contribution in [0.1, 0.15) is 30.5 Å². The van der Waals surface area contributed by atoms with Crippen LogP contribution in [0.15, 0.2) is 36.4 Å². The number of anilines is 2. The number of ether oxygens (including phenoxy) is 1. The van der Waals surface area contributed by atoms with E-state index in [4.69, 9.17) is 4.74 Å². The Bertz CT molecular complexity index is 881. The third kappa shape index (κ3) is 5.83. The molecule has 2 N–H and O–H groups in total. The Morgan fingerprint density at radius 2 is 1.43 bits per heavy atom. The number of carbonyl (C=O) groups is 2. The summed E-state index contributed by atoms with van der Waals surface area (Å²) in [5, 5.41) is 5.99. The first kappa shape index (κ1) is 23.4. The van der Waals surface area contributed by atoms with Gasteiger partial charge in [-0.05, 0) is 57.9 Å². The summed E-state index contributed by atoms with van der Waals surface area (Å²) in [4.78, 5) is 25.7. The molecule has 0 atom stereocenters. The Hall–Kier alpha value is -2.86. The van der Waals surface area contributed by atoms with Crippen molar-refractivity contribution in [1.29, 1.82) is 0 Å². The van der Waals surface area contributed by atoms with Crippen molar-refractivity contribution in [3.05, 3.63) is 53.1 Å². The maximum absolute atomic E-state index is 12.9. The molecule has 0 aliphatic heterocycles. The fraction of sp³-hybridized carbons (Fsp3) is 0.417. The van der Waals surface area contributed by atoms with Crippen molar-refractivity contribution in [2.24, 2.45) is 0 Å². The van der Waals surface area contributed by atoms with Gasteiger partial charge in [-0.2, -0.15) is 0 Å². The zero-order chi connectivity index (χ0) is 22.3. The minimum Gasteiger partial charge on any atom is -0.495 e. The number of amides is 2. The Balaban J connectivity index is 2.11. The van der Waals surface area contributed by atoms with Crippen LogP contribution in [0.4, 0.5) is 11.4 Å². The van der Waals surface area contributed by atoms with E-state index in [2.05, 4.69) is 22.8 Å². The van der Waals surface area contributed by atoms with E-state index in [0.717, 1.165) is 16.8 Å². The number of para-hydroxylation sites is 2. The maximum Gasteiger partial charge on any atom is 0.279 e. The van der Waals surface area contributed by atoms with Gasteiger partial charge < -0.3 is 19.9 Å². The van der Waals surface area contributed by atoms with E-state index in [0.29, 0.717) is 29.0 Å². The van der Waals surface area contributed by atoms with Gasteiger partial charge in [0.25, 0.3) is 11.8 Å². The second-order valence-corrected chi connectivity index (χ2v) is 7.86. The summed E-state index contributed by atoms with van der Waals surface area (Å²) in [6, 6.07) is 11.4. The fourth-order valence-corrected chi connectivity index (χ4v) is 3.83. The molecule has 0 aliphatic rings. The monoisotopic (exact) mass is 412 g/mol. The van der Waals surface area contributed by atoms with Crippen molar-refractivity contribution >= 4 is 23.2 Å². The molecule has 162 valence electrons. The largest absolute Gasteiger partial charge is 0.495 e. The first-order chi connectivity index (χ1) is 14.2. The summed E-state index contributed by atoms with van der Waals surface area (Å²) < 4.78 is 5.68. The van der Waals surface area contributed by atoms with Crippen LogP contribution in [0.25, 0.3) is 0 Å². The molecular weight excluding hydrogens is 378 g/mol. The zero-order valence-electron chi connectivity index (χ0n) is 19.0. The number of nitrogens with one attached hydrogen (secondary N) is 2. The first-order valence-electron chi connectivity index (χ1n) is 10.4. The molecule has 6 heteroatoms. The van der Waals surface area contributed by atoms with E-state index in [1.807, 2.05) is 46.8 Å². The quantitative estimate of drug-likeness (QED) is 0.611. The first-order valence-corrected chi connectivity index (χ1v) is 10.4. The number of likely N-dealkylation sites (N-methyl/N-ethyl adjacent to an activating group) is 1. The SMILES string of the molecule is CC[N+](CC)(CC(=O)Nc1ccccc1OC)CC(=O)Nc1c(C)cc(C)cc1C. The van der Waals surface area contributed by atoms with Crippen LogP contribution in [-0.4, -0.2) is 49.6 Å². The average molecular weight is 413 g/mol. The summed E-state index contributed by atoms with van der Waals surface area (Å²) in [7, 11) is 1.57. The van der Waals surface area contributed by atoms with Gasteiger partial charge in [-0.25, -0.2) is 0 Å². The second-order valence-electron chi connectivity index (χ2n) is 7.86. The molecule has 2 rings (SSSR count). The summed E-state index contributed by atoms with van der Waals surface area (Å²) >= 11 is 0. The number of hydrogen-bond acceptors (Lipinski definition) is 3. The molecule has 6 nitrogen and oxygen atoms in total. The van der Waals surface area contributed by atoms with E-state index in [1.54, 1.807) is 19.2 Å². The van der Waals surface area contributed by atoms with Gasteiger partial charge in [-0.1, -0.05) is 29.8 Å². The lowest BCUT2D eigenvalue weighted by atomic mass is 10.1. The number of rotatable bonds is 9. The van der Waals surface area contributed by atoms with Crippen molar-refractivity contribution in [3.8, 4) is 5.75 Å². The van der Waals surface area contributed by atoms with Crippen molar-refractivity contribution < 1.29 is 18.8 Å². The van der Waals surface area contributed by atoms with Crippen LogP contribution in [-0.2, 0) is 9.59 Å². The summed E-state index contributed by atoms with van der Waals surface area (Å²) in [6.45, 7) is 11.9. The minimum absolute atomic E-state index is 0.0844.